The van der Waals surface area contributed by atoms with E-state index in [9.17, 15) is 0 Å². The monoisotopic (exact) mass is 257 g/mol. The first-order chi connectivity index (χ1) is 9.28. The number of anilines is 2. The fourth-order valence-electron chi connectivity index (χ4n) is 1.59. The van der Waals surface area contributed by atoms with Crippen LogP contribution in [0.1, 0.15) is 24.6 Å². The van der Waals surface area contributed by atoms with Crippen LogP contribution in [0, 0.1) is 6.92 Å². The summed E-state index contributed by atoms with van der Waals surface area (Å²) < 4.78 is 0. The first-order valence-corrected chi connectivity index (χ1v) is 6.49. The quantitative estimate of drug-likeness (QED) is 0.833. The van der Waals surface area contributed by atoms with Crippen LogP contribution in [0.25, 0.3) is 0 Å². The number of hydrogen-bond donors (Lipinski definition) is 2. The third-order valence-corrected chi connectivity index (χ3v) is 2.64. The Kier molecular flexibility index (Phi) is 4.66. The van der Waals surface area contributed by atoms with Crippen molar-refractivity contribution in [1.29, 1.82) is 0 Å². The van der Waals surface area contributed by atoms with Crippen molar-refractivity contribution in [1.82, 2.24) is 15.0 Å². The third-order valence-electron chi connectivity index (χ3n) is 2.64. The van der Waals surface area contributed by atoms with Gasteiger partial charge in [0.2, 0.25) is 0 Å². The van der Waals surface area contributed by atoms with E-state index >= 15 is 0 Å². The van der Waals surface area contributed by atoms with Crippen molar-refractivity contribution in [3.63, 3.8) is 0 Å². The molecule has 19 heavy (non-hydrogen) atoms. The molecule has 0 aliphatic heterocycles. The Morgan fingerprint density at radius 3 is 2.53 bits per heavy atom. The lowest BCUT2D eigenvalue weighted by Gasteiger charge is -2.08. The molecule has 0 saturated carbocycles. The Bertz CT molecular complexity index is 509. The zero-order valence-corrected chi connectivity index (χ0v) is 11.3. The van der Waals surface area contributed by atoms with Crippen LogP contribution in [0.4, 0.5) is 11.6 Å². The highest BCUT2D eigenvalue weighted by molar-refractivity contribution is 5.41. The second-order valence-electron chi connectivity index (χ2n) is 4.38. The highest BCUT2D eigenvalue weighted by Gasteiger charge is 1.99. The summed E-state index contributed by atoms with van der Waals surface area (Å²) in [6, 6.07) is 4.06. The summed E-state index contributed by atoms with van der Waals surface area (Å²) >= 11 is 0. The molecule has 0 bridgehead atoms. The van der Waals surface area contributed by atoms with E-state index in [1.165, 1.54) is 0 Å². The van der Waals surface area contributed by atoms with Gasteiger partial charge in [-0.3, -0.25) is 9.97 Å². The molecule has 0 aliphatic carbocycles. The standard InChI is InChI=1S/C14H19N5/c1-3-6-16-13-9-15-10-14(19-13)18-8-12-5-4-11(2)17-7-12/h4-5,7,9-10H,3,6,8H2,1-2H3,(H2,16,18,19). The summed E-state index contributed by atoms with van der Waals surface area (Å²) in [6.07, 6.45) is 6.39. The first-order valence-electron chi connectivity index (χ1n) is 6.49. The topological polar surface area (TPSA) is 62.7 Å². The molecule has 0 aromatic carbocycles. The van der Waals surface area contributed by atoms with Gasteiger partial charge in [0, 0.05) is 25.0 Å². The SMILES string of the molecule is CCCNc1cncc(NCc2ccc(C)nc2)n1. The third kappa shape index (κ3) is 4.21. The lowest BCUT2D eigenvalue weighted by Crippen LogP contribution is -2.06. The molecular formula is C14H19N5. The number of aryl methyl sites for hydroxylation is 1. The van der Waals surface area contributed by atoms with Crippen molar-refractivity contribution in [2.45, 2.75) is 26.8 Å². The summed E-state index contributed by atoms with van der Waals surface area (Å²) in [5.74, 6) is 1.57. The highest BCUT2D eigenvalue weighted by Crippen LogP contribution is 2.08. The minimum absolute atomic E-state index is 0.694. The number of pyridine rings is 1. The summed E-state index contributed by atoms with van der Waals surface area (Å²) in [5, 5.41) is 6.46. The number of nitrogens with zero attached hydrogens (tertiary/aromatic N) is 3. The van der Waals surface area contributed by atoms with Gasteiger partial charge in [-0.15, -0.1) is 0 Å². The van der Waals surface area contributed by atoms with Gasteiger partial charge < -0.3 is 10.6 Å². The fourth-order valence-corrected chi connectivity index (χ4v) is 1.59. The van der Waals surface area contributed by atoms with Crippen molar-refractivity contribution >= 4 is 11.6 Å². The van der Waals surface area contributed by atoms with Crippen LogP contribution < -0.4 is 10.6 Å². The van der Waals surface area contributed by atoms with Crippen molar-refractivity contribution in [2.75, 3.05) is 17.2 Å². The zero-order valence-electron chi connectivity index (χ0n) is 11.3. The van der Waals surface area contributed by atoms with E-state index < -0.39 is 0 Å². The van der Waals surface area contributed by atoms with Crippen molar-refractivity contribution < 1.29 is 0 Å². The van der Waals surface area contributed by atoms with Crippen LogP contribution in [0.2, 0.25) is 0 Å². The molecule has 2 N–H and O–H groups in total. The van der Waals surface area contributed by atoms with E-state index in [1.54, 1.807) is 12.4 Å². The van der Waals surface area contributed by atoms with Gasteiger partial charge in [0.05, 0.1) is 12.4 Å². The largest absolute Gasteiger partial charge is 0.369 e. The maximum absolute atomic E-state index is 4.44. The molecule has 2 aromatic heterocycles. The van der Waals surface area contributed by atoms with Crippen molar-refractivity contribution in [3.05, 3.63) is 42.0 Å². The Balaban J connectivity index is 1.93. The van der Waals surface area contributed by atoms with Crippen molar-refractivity contribution in [3.8, 4) is 0 Å². The summed E-state index contributed by atoms with van der Waals surface area (Å²) in [6.45, 7) is 5.69. The van der Waals surface area contributed by atoms with E-state index in [-0.39, 0.29) is 0 Å². The Morgan fingerprint density at radius 1 is 1.05 bits per heavy atom. The van der Waals surface area contributed by atoms with E-state index in [1.807, 2.05) is 19.2 Å². The van der Waals surface area contributed by atoms with Gasteiger partial charge in [-0.2, -0.15) is 0 Å². The molecule has 0 amide bonds. The minimum atomic E-state index is 0.694. The molecule has 5 heteroatoms. The molecule has 0 unspecified atom stereocenters. The van der Waals surface area contributed by atoms with Gasteiger partial charge in [0.1, 0.15) is 11.6 Å². The summed E-state index contributed by atoms with van der Waals surface area (Å²) in [5.41, 5.74) is 2.15. The lowest BCUT2D eigenvalue weighted by atomic mass is 10.2. The molecule has 2 rings (SSSR count). The first kappa shape index (κ1) is 13.3. The average molecular weight is 257 g/mol. The van der Waals surface area contributed by atoms with Gasteiger partial charge >= 0.3 is 0 Å². The highest BCUT2D eigenvalue weighted by atomic mass is 15.1. The van der Waals surface area contributed by atoms with Crippen LogP contribution >= 0.6 is 0 Å². The van der Waals surface area contributed by atoms with Crippen LogP contribution in [0.3, 0.4) is 0 Å². The van der Waals surface area contributed by atoms with E-state index in [0.29, 0.717) is 6.54 Å². The van der Waals surface area contributed by atoms with Gasteiger partial charge in [-0.1, -0.05) is 13.0 Å². The smallest absolute Gasteiger partial charge is 0.147 e. The second-order valence-corrected chi connectivity index (χ2v) is 4.38. The van der Waals surface area contributed by atoms with Crippen molar-refractivity contribution in [2.24, 2.45) is 0 Å². The van der Waals surface area contributed by atoms with Crippen LogP contribution in [-0.2, 0) is 6.54 Å². The zero-order chi connectivity index (χ0) is 13.5. The average Bonchev–Trinajstić information content (AvgIpc) is 2.45. The van der Waals surface area contributed by atoms with Crippen LogP contribution in [0.15, 0.2) is 30.7 Å². The lowest BCUT2D eigenvalue weighted by molar-refractivity contribution is 0.962. The molecule has 0 radical (unpaired) electrons. The van der Waals surface area contributed by atoms with Crippen LogP contribution in [-0.4, -0.2) is 21.5 Å². The molecule has 100 valence electrons. The molecule has 0 fully saturated rings. The molecule has 2 heterocycles. The molecule has 0 saturated heterocycles. The fraction of sp³-hybridized carbons (Fsp3) is 0.357. The number of nitrogens with one attached hydrogen (secondary N) is 2. The molecular weight excluding hydrogens is 238 g/mol. The second kappa shape index (κ2) is 6.68. The van der Waals surface area contributed by atoms with Gasteiger partial charge in [-0.25, -0.2) is 4.98 Å². The van der Waals surface area contributed by atoms with Gasteiger partial charge in [0.25, 0.3) is 0 Å². The van der Waals surface area contributed by atoms with E-state index in [0.717, 1.165) is 35.9 Å². The minimum Gasteiger partial charge on any atom is -0.369 e. The summed E-state index contributed by atoms with van der Waals surface area (Å²) in [4.78, 5) is 12.9. The molecule has 0 atom stereocenters. The Hall–Kier alpha value is -2.17. The number of aromatic nitrogens is 3. The van der Waals surface area contributed by atoms with E-state index in [2.05, 4.69) is 38.6 Å². The molecule has 0 aliphatic rings. The summed E-state index contributed by atoms with van der Waals surface area (Å²) in [7, 11) is 0. The predicted octanol–water partition coefficient (Wildman–Crippen LogP) is 2.61. The Morgan fingerprint density at radius 2 is 1.84 bits per heavy atom. The molecule has 5 nitrogen and oxygen atoms in total. The number of hydrogen-bond acceptors (Lipinski definition) is 5. The maximum atomic E-state index is 4.44. The van der Waals surface area contributed by atoms with E-state index in [4.69, 9.17) is 0 Å². The molecule has 0 spiro atoms. The Labute approximate surface area is 113 Å². The maximum Gasteiger partial charge on any atom is 0.147 e. The predicted molar refractivity (Wildman–Crippen MR) is 77.1 cm³/mol. The van der Waals surface area contributed by atoms with Gasteiger partial charge in [-0.05, 0) is 25.0 Å². The molecule has 2 aromatic rings. The number of rotatable bonds is 6. The van der Waals surface area contributed by atoms with Crippen LogP contribution in [0.5, 0.6) is 0 Å². The normalized spacial score (nSPS) is 10.2. The van der Waals surface area contributed by atoms with Gasteiger partial charge in [0.15, 0.2) is 0 Å².